The molecule has 2 atom stereocenters. The number of halogens is 3. The Morgan fingerprint density at radius 2 is 1.70 bits per heavy atom. The van der Waals surface area contributed by atoms with Crippen molar-refractivity contribution < 1.29 is 27.8 Å². The predicted octanol–water partition coefficient (Wildman–Crippen LogP) is 4.33. The number of carbonyl (C=O) groups excluding carboxylic acids is 1. The van der Waals surface area contributed by atoms with Crippen LogP contribution in [0.1, 0.15) is 58.4 Å². The minimum absolute atomic E-state index is 0.0102. The molecule has 1 aromatic rings. The van der Waals surface area contributed by atoms with Crippen LogP contribution in [0, 0.1) is 17.5 Å². The Bertz CT molecular complexity index is 695. The van der Waals surface area contributed by atoms with Crippen molar-refractivity contribution in [2.24, 2.45) is 0 Å². The van der Waals surface area contributed by atoms with Gasteiger partial charge in [0, 0.05) is 18.5 Å². The lowest BCUT2D eigenvalue weighted by atomic mass is 9.73. The molecule has 2 fully saturated rings. The molecule has 7 heteroatoms. The van der Waals surface area contributed by atoms with Crippen LogP contribution in [0.2, 0.25) is 0 Å². The average molecular weight is 385 g/mol. The highest BCUT2D eigenvalue weighted by Gasteiger charge is 2.48. The maximum atomic E-state index is 13.5. The van der Waals surface area contributed by atoms with E-state index in [1.54, 1.807) is 25.7 Å². The SMILES string of the molecule is CC(C)(C)OC(=O)N1C2CCCC1CC(O)(Cc1cc(F)c(F)c(F)c1)C2. The van der Waals surface area contributed by atoms with Crippen molar-refractivity contribution in [1.29, 1.82) is 0 Å². The van der Waals surface area contributed by atoms with Crippen LogP contribution < -0.4 is 0 Å². The number of amides is 1. The molecule has 3 rings (SSSR count). The molecule has 0 spiro atoms. The van der Waals surface area contributed by atoms with Gasteiger partial charge in [0.15, 0.2) is 17.5 Å². The van der Waals surface area contributed by atoms with Gasteiger partial charge in [0.1, 0.15) is 5.60 Å². The van der Waals surface area contributed by atoms with Gasteiger partial charge in [-0.05, 0) is 70.6 Å². The Morgan fingerprint density at radius 1 is 1.19 bits per heavy atom. The third-order valence-electron chi connectivity index (χ3n) is 5.27. The Kier molecular flexibility index (Phi) is 5.18. The van der Waals surface area contributed by atoms with Gasteiger partial charge in [-0.2, -0.15) is 0 Å². The number of fused-ring (bicyclic) bond motifs is 2. The summed E-state index contributed by atoms with van der Waals surface area (Å²) in [5.41, 5.74) is -1.61. The summed E-state index contributed by atoms with van der Waals surface area (Å²) in [7, 11) is 0. The van der Waals surface area contributed by atoms with Crippen molar-refractivity contribution in [3.63, 3.8) is 0 Å². The van der Waals surface area contributed by atoms with Gasteiger partial charge in [-0.3, -0.25) is 0 Å². The van der Waals surface area contributed by atoms with Gasteiger partial charge in [-0.25, -0.2) is 18.0 Å². The van der Waals surface area contributed by atoms with Crippen molar-refractivity contribution in [3.05, 3.63) is 35.1 Å². The Hall–Kier alpha value is -1.76. The molecule has 1 aromatic carbocycles. The lowest BCUT2D eigenvalue weighted by Crippen LogP contribution is -2.61. The predicted molar refractivity (Wildman–Crippen MR) is 93.7 cm³/mol. The molecule has 27 heavy (non-hydrogen) atoms. The monoisotopic (exact) mass is 385 g/mol. The Morgan fingerprint density at radius 3 is 2.19 bits per heavy atom. The normalized spacial score (nSPS) is 28.2. The summed E-state index contributed by atoms with van der Waals surface area (Å²) in [5, 5.41) is 11.1. The van der Waals surface area contributed by atoms with Crippen LogP contribution >= 0.6 is 0 Å². The number of hydrogen-bond donors (Lipinski definition) is 1. The van der Waals surface area contributed by atoms with E-state index in [1.807, 2.05) is 0 Å². The summed E-state index contributed by atoms with van der Waals surface area (Å²) in [6, 6.07) is 1.47. The summed E-state index contributed by atoms with van der Waals surface area (Å²) in [6.07, 6.45) is 2.64. The number of nitrogens with zero attached hydrogens (tertiary/aromatic N) is 1. The van der Waals surface area contributed by atoms with Gasteiger partial charge in [-0.15, -0.1) is 0 Å². The third-order valence-corrected chi connectivity index (χ3v) is 5.27. The lowest BCUT2D eigenvalue weighted by Gasteiger charge is -2.51. The van der Waals surface area contributed by atoms with Gasteiger partial charge in [0.25, 0.3) is 0 Å². The fourth-order valence-electron chi connectivity index (χ4n) is 4.37. The Balaban J connectivity index is 1.78. The van der Waals surface area contributed by atoms with E-state index in [0.29, 0.717) is 12.8 Å². The van der Waals surface area contributed by atoms with E-state index in [2.05, 4.69) is 0 Å². The van der Waals surface area contributed by atoms with Crippen molar-refractivity contribution >= 4 is 6.09 Å². The number of carbonyl (C=O) groups is 1. The van der Waals surface area contributed by atoms with Crippen LogP contribution in [0.25, 0.3) is 0 Å². The largest absolute Gasteiger partial charge is 0.444 e. The molecule has 1 N–H and O–H groups in total. The van der Waals surface area contributed by atoms with E-state index in [1.165, 1.54) is 0 Å². The second-order valence-corrected chi connectivity index (χ2v) is 8.81. The molecule has 0 aliphatic carbocycles. The fourth-order valence-corrected chi connectivity index (χ4v) is 4.37. The smallest absolute Gasteiger partial charge is 0.410 e. The second-order valence-electron chi connectivity index (χ2n) is 8.81. The summed E-state index contributed by atoms with van der Waals surface area (Å²) in [6.45, 7) is 5.41. The first-order valence-corrected chi connectivity index (χ1v) is 9.34. The maximum Gasteiger partial charge on any atom is 0.410 e. The number of benzene rings is 1. The van der Waals surface area contributed by atoms with Crippen LogP contribution in [-0.4, -0.2) is 39.4 Å². The molecule has 0 aromatic heterocycles. The third kappa shape index (κ3) is 4.39. The highest BCUT2D eigenvalue weighted by Crippen LogP contribution is 2.41. The van der Waals surface area contributed by atoms with Crippen LogP contribution in [0.3, 0.4) is 0 Å². The van der Waals surface area contributed by atoms with Crippen molar-refractivity contribution in [2.45, 2.75) is 82.6 Å². The molecule has 2 bridgehead atoms. The van der Waals surface area contributed by atoms with Gasteiger partial charge in [0.05, 0.1) is 5.60 Å². The summed E-state index contributed by atoms with van der Waals surface area (Å²) < 4.78 is 45.7. The number of rotatable bonds is 2. The zero-order valence-electron chi connectivity index (χ0n) is 15.9. The molecule has 150 valence electrons. The molecular formula is C20H26F3NO3. The van der Waals surface area contributed by atoms with E-state index >= 15 is 0 Å². The number of hydrogen-bond acceptors (Lipinski definition) is 3. The van der Waals surface area contributed by atoms with Crippen LogP contribution in [0.5, 0.6) is 0 Å². The number of ether oxygens (including phenoxy) is 1. The average Bonchev–Trinajstić information content (AvgIpc) is 2.49. The van der Waals surface area contributed by atoms with Crippen molar-refractivity contribution in [2.75, 3.05) is 0 Å². The second kappa shape index (κ2) is 7.00. The zero-order chi connectivity index (χ0) is 20.0. The van der Waals surface area contributed by atoms with E-state index in [0.717, 1.165) is 31.4 Å². The molecule has 0 saturated carbocycles. The molecule has 0 radical (unpaired) electrons. The van der Waals surface area contributed by atoms with Crippen molar-refractivity contribution in [1.82, 2.24) is 4.90 Å². The van der Waals surface area contributed by atoms with Crippen LogP contribution in [0.4, 0.5) is 18.0 Å². The number of aliphatic hydroxyl groups is 1. The molecule has 4 nitrogen and oxygen atoms in total. The molecule has 2 heterocycles. The van der Waals surface area contributed by atoms with E-state index < -0.39 is 34.7 Å². The zero-order valence-corrected chi connectivity index (χ0v) is 15.9. The minimum Gasteiger partial charge on any atom is -0.444 e. The van der Waals surface area contributed by atoms with Gasteiger partial charge < -0.3 is 14.7 Å². The maximum absolute atomic E-state index is 13.5. The molecular weight excluding hydrogens is 359 g/mol. The number of piperidine rings is 2. The summed E-state index contributed by atoms with van der Waals surface area (Å²) in [5.74, 6) is -4.04. The Labute approximate surface area is 157 Å². The quantitative estimate of drug-likeness (QED) is 0.771. The lowest BCUT2D eigenvalue weighted by molar-refractivity contribution is -0.0919. The van der Waals surface area contributed by atoms with E-state index in [-0.39, 0.29) is 24.1 Å². The first kappa shape index (κ1) is 20.0. The van der Waals surface area contributed by atoms with Crippen LogP contribution in [0.15, 0.2) is 12.1 Å². The molecule has 2 aliphatic rings. The standard InChI is InChI=1S/C20H26F3NO3/c1-19(2,3)27-18(25)24-13-5-4-6-14(24)11-20(26,10-13)9-12-7-15(21)17(23)16(22)8-12/h7-8,13-14,26H,4-6,9-11H2,1-3H3. The summed E-state index contributed by atoms with van der Waals surface area (Å²) >= 11 is 0. The molecule has 2 saturated heterocycles. The molecule has 2 aliphatic heterocycles. The summed E-state index contributed by atoms with van der Waals surface area (Å²) in [4.78, 5) is 14.3. The molecule has 1 amide bonds. The van der Waals surface area contributed by atoms with E-state index in [4.69, 9.17) is 4.74 Å². The molecule has 2 unspecified atom stereocenters. The minimum atomic E-state index is -1.51. The topological polar surface area (TPSA) is 49.8 Å². The fraction of sp³-hybridized carbons (Fsp3) is 0.650. The highest BCUT2D eigenvalue weighted by molar-refractivity contribution is 5.69. The van der Waals surface area contributed by atoms with Crippen molar-refractivity contribution in [3.8, 4) is 0 Å². The first-order chi connectivity index (χ1) is 12.5. The van der Waals surface area contributed by atoms with Gasteiger partial charge >= 0.3 is 6.09 Å². The highest BCUT2D eigenvalue weighted by atomic mass is 19.2. The van der Waals surface area contributed by atoms with Gasteiger partial charge in [-0.1, -0.05) is 0 Å². The first-order valence-electron chi connectivity index (χ1n) is 9.34. The van der Waals surface area contributed by atoms with E-state index in [9.17, 15) is 23.1 Å². The van der Waals surface area contributed by atoms with Crippen LogP contribution in [-0.2, 0) is 11.2 Å². The van der Waals surface area contributed by atoms with Gasteiger partial charge in [0.2, 0.25) is 0 Å².